The van der Waals surface area contributed by atoms with E-state index in [9.17, 15) is 38.4 Å². The first-order chi connectivity index (χ1) is 24.1. The fourth-order valence-electron chi connectivity index (χ4n) is 5.41. The molecule has 0 aromatic rings. The van der Waals surface area contributed by atoms with Crippen molar-refractivity contribution in [3.05, 3.63) is 0 Å². The van der Waals surface area contributed by atoms with Gasteiger partial charge in [-0.05, 0) is 57.4 Å². The summed E-state index contributed by atoms with van der Waals surface area (Å²) in [6.45, 7) is 8.17. The predicted octanol–water partition coefficient (Wildman–Crippen LogP) is -2.42. The Bertz CT molecular complexity index is 1240. The highest BCUT2D eigenvalue weighted by atomic mass is 16.2. The standard InChI is InChI=1S/C33H58N10O8/c1-20(2)29(30(48)21(3)4)42-28(47)18-38-32(50)24(11-8-14-36-19-35)41-26(45)16-37-31(49)23(10-6-7-13-34)40-27(46)17-39-33(51)25-12-9-15-43(25)22(5)44/h19-21,23-25,29H,6-18,34H2,1-5H3,(H2,35,36)(H,37,49)(H,38,50)(H,39,51)(H,40,46)(H,41,45)(H,42,47)/t23-,24?,25?,29?/m0/s1. The van der Waals surface area contributed by atoms with E-state index in [1.807, 2.05) is 0 Å². The lowest BCUT2D eigenvalue weighted by atomic mass is 9.93. The zero-order valence-corrected chi connectivity index (χ0v) is 30.5. The van der Waals surface area contributed by atoms with Crippen LogP contribution >= 0.6 is 0 Å². The maximum absolute atomic E-state index is 13.1. The zero-order valence-electron chi connectivity index (χ0n) is 30.5. The van der Waals surface area contributed by atoms with Gasteiger partial charge >= 0.3 is 0 Å². The van der Waals surface area contributed by atoms with Crippen LogP contribution in [0.15, 0.2) is 4.99 Å². The molecular formula is C33H58N10O8. The second kappa shape index (κ2) is 23.7. The molecule has 1 heterocycles. The van der Waals surface area contributed by atoms with E-state index >= 15 is 0 Å². The summed E-state index contributed by atoms with van der Waals surface area (Å²) in [7, 11) is 0. The van der Waals surface area contributed by atoms with Crippen molar-refractivity contribution in [2.24, 2.45) is 28.3 Å². The monoisotopic (exact) mass is 722 g/mol. The van der Waals surface area contributed by atoms with Crippen molar-refractivity contribution < 1.29 is 38.4 Å². The lowest BCUT2D eigenvalue weighted by Crippen LogP contribution is -2.54. The molecule has 1 aliphatic rings. The number of hydrogen-bond acceptors (Lipinski definition) is 10. The van der Waals surface area contributed by atoms with E-state index < -0.39 is 79.2 Å². The number of carbonyl (C=O) groups excluding carboxylic acids is 8. The molecule has 1 fully saturated rings. The molecule has 1 rings (SSSR count). The fraction of sp³-hybridized carbons (Fsp3) is 0.727. The van der Waals surface area contributed by atoms with Crippen molar-refractivity contribution in [3.8, 4) is 0 Å². The van der Waals surface area contributed by atoms with Crippen LogP contribution in [0.5, 0.6) is 0 Å². The van der Waals surface area contributed by atoms with E-state index in [0.717, 1.165) is 6.34 Å². The van der Waals surface area contributed by atoms with Gasteiger partial charge in [0, 0.05) is 25.9 Å². The quantitative estimate of drug-likeness (QED) is 0.0314. The fourth-order valence-corrected chi connectivity index (χ4v) is 5.41. The molecule has 51 heavy (non-hydrogen) atoms. The molecule has 0 aromatic carbocycles. The van der Waals surface area contributed by atoms with E-state index in [2.05, 4.69) is 36.9 Å². The van der Waals surface area contributed by atoms with Crippen molar-refractivity contribution in [1.82, 2.24) is 36.8 Å². The van der Waals surface area contributed by atoms with Crippen molar-refractivity contribution in [1.29, 1.82) is 0 Å². The van der Waals surface area contributed by atoms with E-state index in [1.165, 1.54) is 11.8 Å². The maximum atomic E-state index is 13.1. The Hall–Kier alpha value is -4.61. The van der Waals surface area contributed by atoms with Gasteiger partial charge in [-0.2, -0.15) is 0 Å². The number of aliphatic imine (C=N–C) groups is 1. The van der Waals surface area contributed by atoms with Gasteiger partial charge in [0.15, 0.2) is 5.78 Å². The summed E-state index contributed by atoms with van der Waals surface area (Å²) in [5.74, 6) is -4.52. The van der Waals surface area contributed by atoms with Gasteiger partial charge in [0.2, 0.25) is 41.4 Å². The summed E-state index contributed by atoms with van der Waals surface area (Å²) in [5, 5.41) is 15.3. The lowest BCUT2D eigenvalue weighted by Gasteiger charge is -2.23. The molecule has 0 saturated carbocycles. The first-order valence-electron chi connectivity index (χ1n) is 17.5. The van der Waals surface area contributed by atoms with Crippen LogP contribution in [0, 0.1) is 11.8 Å². The number of unbranched alkanes of at least 4 members (excludes halogenated alkanes) is 1. The second-order valence-electron chi connectivity index (χ2n) is 13.1. The molecule has 0 aliphatic carbocycles. The van der Waals surface area contributed by atoms with Crippen molar-refractivity contribution >= 4 is 53.5 Å². The highest BCUT2D eigenvalue weighted by molar-refractivity contribution is 5.95. The first-order valence-corrected chi connectivity index (χ1v) is 17.5. The lowest BCUT2D eigenvalue weighted by molar-refractivity contribution is -0.137. The smallest absolute Gasteiger partial charge is 0.243 e. The molecule has 0 radical (unpaired) electrons. The van der Waals surface area contributed by atoms with Gasteiger partial charge in [0.1, 0.15) is 18.1 Å². The highest BCUT2D eigenvalue weighted by Crippen LogP contribution is 2.17. The topological polar surface area (TPSA) is 276 Å². The molecule has 288 valence electrons. The van der Waals surface area contributed by atoms with Crippen LogP contribution in [-0.4, -0.2) is 122 Å². The predicted molar refractivity (Wildman–Crippen MR) is 190 cm³/mol. The van der Waals surface area contributed by atoms with Gasteiger partial charge in [-0.15, -0.1) is 0 Å². The van der Waals surface area contributed by atoms with Gasteiger partial charge in [0.05, 0.1) is 32.0 Å². The summed E-state index contributed by atoms with van der Waals surface area (Å²) >= 11 is 0. The molecule has 1 saturated heterocycles. The third-order valence-electron chi connectivity index (χ3n) is 8.22. The van der Waals surface area contributed by atoms with Gasteiger partial charge < -0.3 is 48.3 Å². The summed E-state index contributed by atoms with van der Waals surface area (Å²) in [6, 6.07) is -3.51. The summed E-state index contributed by atoms with van der Waals surface area (Å²) in [4.78, 5) is 107. The van der Waals surface area contributed by atoms with E-state index in [4.69, 9.17) is 11.5 Å². The number of carbonyl (C=O) groups is 8. The average molecular weight is 723 g/mol. The number of Topliss-reactive ketones (excluding diaryl/α,β-unsaturated/α-hetero) is 1. The molecule has 0 spiro atoms. The number of nitrogens with two attached hydrogens (primary N) is 2. The van der Waals surface area contributed by atoms with Crippen molar-refractivity contribution in [3.63, 3.8) is 0 Å². The third kappa shape index (κ3) is 16.8. The molecule has 18 heteroatoms. The van der Waals surface area contributed by atoms with Crippen molar-refractivity contribution in [2.45, 2.75) is 104 Å². The Morgan fingerprint density at radius 2 is 1.31 bits per heavy atom. The molecule has 4 atom stereocenters. The van der Waals surface area contributed by atoms with E-state index in [1.54, 1.807) is 27.7 Å². The Balaban J connectivity index is 2.80. The molecule has 1 aliphatic heterocycles. The first kappa shape index (κ1) is 44.4. The number of nitrogens with one attached hydrogen (secondary N) is 6. The van der Waals surface area contributed by atoms with Crippen LogP contribution in [0.4, 0.5) is 0 Å². The SMILES string of the molecule is CC(=O)N1CCCC1C(=O)NCC(=O)N[C@@H](CCCCN)C(=O)NCC(=O)NC(CCCN=CN)C(=O)NCC(=O)NC(C(=O)C(C)C)C(C)C. The largest absolute Gasteiger partial charge is 0.390 e. The zero-order chi connectivity index (χ0) is 38.5. The van der Waals surface area contributed by atoms with Crippen molar-refractivity contribution in [2.75, 3.05) is 39.3 Å². The van der Waals surface area contributed by atoms with Crippen LogP contribution in [0.2, 0.25) is 0 Å². The molecular weight excluding hydrogens is 664 g/mol. The molecule has 7 amide bonds. The number of amides is 7. The third-order valence-corrected chi connectivity index (χ3v) is 8.22. The minimum atomic E-state index is -1.09. The number of ketones is 1. The number of likely N-dealkylation sites (tertiary alicyclic amines) is 1. The maximum Gasteiger partial charge on any atom is 0.243 e. The number of hydrogen-bond donors (Lipinski definition) is 8. The van der Waals surface area contributed by atoms with Crippen LogP contribution in [0.25, 0.3) is 0 Å². The summed E-state index contributed by atoms with van der Waals surface area (Å²) < 4.78 is 0. The van der Waals surface area contributed by atoms with Gasteiger partial charge in [-0.3, -0.25) is 43.3 Å². The molecule has 3 unspecified atom stereocenters. The van der Waals surface area contributed by atoms with Gasteiger partial charge in [-0.25, -0.2) is 0 Å². The molecule has 0 aromatic heterocycles. The summed E-state index contributed by atoms with van der Waals surface area (Å²) in [6.07, 6.45) is 4.06. The summed E-state index contributed by atoms with van der Waals surface area (Å²) in [5.41, 5.74) is 10.9. The molecule has 0 bridgehead atoms. The second-order valence-corrected chi connectivity index (χ2v) is 13.1. The molecule has 10 N–H and O–H groups in total. The Morgan fingerprint density at radius 1 is 0.784 bits per heavy atom. The van der Waals surface area contributed by atoms with Crippen LogP contribution in [-0.2, 0) is 38.4 Å². The minimum absolute atomic E-state index is 0.133. The Labute approximate surface area is 299 Å². The highest BCUT2D eigenvalue weighted by Gasteiger charge is 2.33. The van der Waals surface area contributed by atoms with Gasteiger partial charge in [-0.1, -0.05) is 27.7 Å². The molecule has 18 nitrogen and oxygen atoms in total. The van der Waals surface area contributed by atoms with Crippen LogP contribution < -0.4 is 43.4 Å². The number of rotatable bonds is 23. The Kier molecular flexibility index (Phi) is 20.7. The van der Waals surface area contributed by atoms with Crippen LogP contribution in [0.3, 0.4) is 0 Å². The van der Waals surface area contributed by atoms with E-state index in [0.29, 0.717) is 45.2 Å². The minimum Gasteiger partial charge on any atom is -0.390 e. The van der Waals surface area contributed by atoms with Crippen LogP contribution in [0.1, 0.15) is 79.6 Å². The van der Waals surface area contributed by atoms with Gasteiger partial charge in [0.25, 0.3) is 0 Å². The average Bonchev–Trinajstić information content (AvgIpc) is 3.59. The van der Waals surface area contributed by atoms with E-state index in [-0.39, 0.29) is 42.9 Å². The Morgan fingerprint density at radius 3 is 1.80 bits per heavy atom. The number of nitrogens with zero attached hydrogens (tertiary/aromatic N) is 2. The normalized spacial score (nSPS) is 15.9.